The van der Waals surface area contributed by atoms with Crippen molar-refractivity contribution in [2.24, 2.45) is 5.41 Å². The maximum absolute atomic E-state index is 14.7. The summed E-state index contributed by atoms with van der Waals surface area (Å²) in [5.74, 6) is 1.76. The Morgan fingerprint density at radius 2 is 1.85 bits per heavy atom. The number of ether oxygens (including phenoxy) is 1. The third-order valence-electron chi connectivity index (χ3n) is 10.1. The first-order valence-corrected chi connectivity index (χ1v) is 18.0. The molecule has 2 aliphatic carbocycles. The van der Waals surface area contributed by atoms with Crippen LogP contribution in [0.25, 0.3) is 11.1 Å². The monoisotopic (exact) mass is 663 g/mol. The van der Waals surface area contributed by atoms with E-state index in [0.717, 1.165) is 69.2 Å². The molecule has 3 aromatic carbocycles. The SMILES string of the molecule is CC(C)(C)[S+]([O-])NC1(Cc2ccccc2)CCC2(CCN(c3ncncc3Oc3ccc(F)cc3-c3ccc(C#N)cc3C3CC3)C2)C1. The summed E-state index contributed by atoms with van der Waals surface area (Å²) < 4.78 is 38.1. The van der Waals surface area contributed by atoms with E-state index in [2.05, 4.69) is 44.9 Å². The van der Waals surface area contributed by atoms with Crippen LogP contribution in [0.1, 0.15) is 81.9 Å². The summed E-state index contributed by atoms with van der Waals surface area (Å²) in [6.45, 7) is 7.68. The van der Waals surface area contributed by atoms with E-state index in [0.29, 0.717) is 34.4 Å². The highest BCUT2D eigenvalue weighted by Gasteiger charge is 2.54. The van der Waals surface area contributed by atoms with Crippen LogP contribution in [-0.4, -0.2) is 37.9 Å². The molecule has 9 heteroatoms. The maximum Gasteiger partial charge on any atom is 0.188 e. The van der Waals surface area contributed by atoms with Crippen molar-refractivity contribution in [2.45, 2.75) is 81.9 Å². The third kappa shape index (κ3) is 6.80. The minimum Gasteiger partial charge on any atom is -0.598 e. The Hall–Kier alpha value is -3.97. The van der Waals surface area contributed by atoms with Crippen LogP contribution < -0.4 is 14.4 Å². The van der Waals surface area contributed by atoms with Crippen molar-refractivity contribution in [3.05, 3.63) is 102 Å². The Labute approximate surface area is 285 Å². The zero-order chi connectivity index (χ0) is 33.5. The summed E-state index contributed by atoms with van der Waals surface area (Å²) in [7, 11) is 0. The number of rotatable bonds is 9. The molecule has 2 saturated carbocycles. The standard InChI is InChI=1S/C39H42FN5O2S/c1-37(2,3)48(46)44-39(21-27-7-5-4-6-8-27)16-15-38(24-39)17-18-45(25-38)36-35(23-42-26-43-36)47-34-14-12-30(40)20-33(34)31-13-9-28(22-41)19-32(31)29-10-11-29/h4-9,12-14,19-20,23,26,29,44H,10-11,15-18,21,24-25H2,1-3H3. The number of nitriles is 1. The first kappa shape index (κ1) is 32.6. The normalized spacial score (nSPS) is 23.0. The Morgan fingerprint density at radius 3 is 2.60 bits per heavy atom. The highest BCUT2D eigenvalue weighted by atomic mass is 32.2. The van der Waals surface area contributed by atoms with Gasteiger partial charge in [0, 0.05) is 30.0 Å². The van der Waals surface area contributed by atoms with Gasteiger partial charge in [0.1, 0.15) is 22.6 Å². The van der Waals surface area contributed by atoms with Gasteiger partial charge in [-0.1, -0.05) is 36.4 Å². The number of anilines is 1. The lowest BCUT2D eigenvalue weighted by molar-refractivity contribution is 0.290. The van der Waals surface area contributed by atoms with E-state index < -0.39 is 11.4 Å². The lowest BCUT2D eigenvalue weighted by Gasteiger charge is -2.36. The van der Waals surface area contributed by atoms with Gasteiger partial charge in [0.05, 0.1) is 23.4 Å². The Kier molecular flexibility index (Phi) is 8.69. The van der Waals surface area contributed by atoms with Crippen LogP contribution >= 0.6 is 0 Å². The van der Waals surface area contributed by atoms with Crippen LogP contribution in [0.3, 0.4) is 0 Å². The molecule has 7 rings (SSSR count). The van der Waals surface area contributed by atoms with Gasteiger partial charge < -0.3 is 14.2 Å². The van der Waals surface area contributed by atoms with Gasteiger partial charge >= 0.3 is 0 Å². The molecule has 248 valence electrons. The second kappa shape index (κ2) is 12.8. The number of aromatic nitrogens is 2. The van der Waals surface area contributed by atoms with Crippen molar-refractivity contribution < 1.29 is 13.7 Å². The quantitative estimate of drug-likeness (QED) is 0.180. The molecular weight excluding hydrogens is 622 g/mol. The molecule has 3 unspecified atom stereocenters. The predicted octanol–water partition coefficient (Wildman–Crippen LogP) is 8.24. The van der Waals surface area contributed by atoms with Crippen LogP contribution in [0.5, 0.6) is 11.5 Å². The van der Waals surface area contributed by atoms with Crippen LogP contribution in [0, 0.1) is 22.6 Å². The Morgan fingerprint density at radius 1 is 1.04 bits per heavy atom. The van der Waals surface area contributed by atoms with Gasteiger partial charge in [-0.25, -0.2) is 14.4 Å². The lowest BCUT2D eigenvalue weighted by atomic mass is 9.81. The first-order valence-electron chi connectivity index (χ1n) is 16.9. The number of nitrogens with one attached hydrogen (secondary N) is 1. The summed E-state index contributed by atoms with van der Waals surface area (Å²) in [5, 5.41) is 9.53. The van der Waals surface area contributed by atoms with E-state index >= 15 is 0 Å². The molecule has 2 heterocycles. The molecule has 1 saturated heterocycles. The summed E-state index contributed by atoms with van der Waals surface area (Å²) in [6, 6.07) is 22.9. The van der Waals surface area contributed by atoms with Crippen LogP contribution in [0.4, 0.5) is 10.2 Å². The molecule has 3 fully saturated rings. The van der Waals surface area contributed by atoms with Crippen molar-refractivity contribution in [1.82, 2.24) is 14.7 Å². The van der Waals surface area contributed by atoms with E-state index in [9.17, 15) is 14.2 Å². The summed E-state index contributed by atoms with van der Waals surface area (Å²) in [5.41, 5.74) is 4.19. The zero-order valence-electron chi connectivity index (χ0n) is 27.8. The third-order valence-corrected chi connectivity index (χ3v) is 11.9. The molecule has 0 radical (unpaired) electrons. The lowest BCUT2D eigenvalue weighted by Crippen LogP contribution is -2.54. The van der Waals surface area contributed by atoms with Gasteiger partial charge in [0.2, 0.25) is 0 Å². The Balaban J connectivity index is 1.15. The number of hydrogen-bond donors (Lipinski definition) is 1. The average molecular weight is 664 g/mol. The molecule has 3 aliphatic rings. The summed E-state index contributed by atoms with van der Waals surface area (Å²) in [4.78, 5) is 11.3. The molecule has 3 atom stereocenters. The number of nitrogens with zero attached hydrogens (tertiary/aromatic N) is 4. The molecule has 1 aromatic heterocycles. The molecular formula is C39H42FN5O2S. The molecule has 7 nitrogen and oxygen atoms in total. The van der Waals surface area contributed by atoms with Crippen molar-refractivity contribution in [3.8, 4) is 28.7 Å². The Bertz CT molecular complexity index is 1840. The number of halogens is 1. The van der Waals surface area contributed by atoms with Gasteiger partial charge in [-0.15, -0.1) is 4.72 Å². The zero-order valence-corrected chi connectivity index (χ0v) is 28.7. The van der Waals surface area contributed by atoms with Crippen LogP contribution in [0.15, 0.2) is 79.3 Å². The smallest absolute Gasteiger partial charge is 0.188 e. The van der Waals surface area contributed by atoms with E-state index in [1.54, 1.807) is 24.7 Å². The molecule has 48 heavy (non-hydrogen) atoms. The van der Waals surface area contributed by atoms with Crippen molar-refractivity contribution in [1.29, 1.82) is 5.26 Å². The molecule has 1 aliphatic heterocycles. The molecule has 1 N–H and O–H groups in total. The highest BCUT2D eigenvalue weighted by molar-refractivity contribution is 7.90. The maximum atomic E-state index is 14.7. The van der Waals surface area contributed by atoms with Gasteiger partial charge in [-0.3, -0.25) is 0 Å². The van der Waals surface area contributed by atoms with E-state index in [4.69, 9.17) is 9.72 Å². The largest absolute Gasteiger partial charge is 0.598 e. The minimum atomic E-state index is -1.20. The first-order chi connectivity index (χ1) is 23.1. The fourth-order valence-corrected chi connectivity index (χ4v) is 8.57. The van der Waals surface area contributed by atoms with Crippen LogP contribution in [0.2, 0.25) is 0 Å². The topological polar surface area (TPSA) is 97.1 Å². The van der Waals surface area contributed by atoms with E-state index in [-0.39, 0.29) is 21.5 Å². The second-order valence-electron chi connectivity index (χ2n) is 14.9. The summed E-state index contributed by atoms with van der Waals surface area (Å²) in [6.07, 6.45) is 10.0. The molecule has 1 spiro atoms. The van der Waals surface area contributed by atoms with Gasteiger partial charge in [0.15, 0.2) is 11.6 Å². The predicted molar refractivity (Wildman–Crippen MR) is 188 cm³/mol. The highest BCUT2D eigenvalue weighted by Crippen LogP contribution is 2.53. The number of hydrogen-bond acceptors (Lipinski definition) is 7. The number of benzene rings is 3. The fraction of sp³-hybridized carbons (Fsp3) is 0.410. The average Bonchev–Trinajstić information content (AvgIpc) is 3.76. The minimum absolute atomic E-state index is 0.0365. The second-order valence-corrected chi connectivity index (χ2v) is 16.9. The van der Waals surface area contributed by atoms with Crippen molar-refractivity contribution in [3.63, 3.8) is 0 Å². The van der Waals surface area contributed by atoms with Gasteiger partial charge in [0.25, 0.3) is 0 Å². The molecule has 0 amide bonds. The van der Waals surface area contributed by atoms with Crippen molar-refractivity contribution in [2.75, 3.05) is 18.0 Å². The molecule has 0 bridgehead atoms. The van der Waals surface area contributed by atoms with E-state index in [1.165, 1.54) is 17.7 Å². The van der Waals surface area contributed by atoms with Crippen molar-refractivity contribution >= 4 is 17.2 Å². The molecule has 4 aromatic rings. The van der Waals surface area contributed by atoms with Gasteiger partial charge in [-0.2, -0.15) is 5.26 Å². The van der Waals surface area contributed by atoms with E-state index in [1.807, 2.05) is 39.0 Å². The van der Waals surface area contributed by atoms with Crippen LogP contribution in [-0.2, 0) is 17.8 Å². The fourth-order valence-electron chi connectivity index (χ4n) is 7.62. The summed E-state index contributed by atoms with van der Waals surface area (Å²) >= 11 is -1.20. The van der Waals surface area contributed by atoms with Gasteiger partial charge in [-0.05, 0) is 124 Å².